The molecule has 1 heterocycles. The number of hydrogen-bond donors (Lipinski definition) is 1. The van der Waals surface area contributed by atoms with Gasteiger partial charge in [-0.25, -0.2) is 4.39 Å². The number of nitrogens with two attached hydrogens (primary N) is 1. The molecule has 1 aliphatic rings. The van der Waals surface area contributed by atoms with Crippen LogP contribution in [0.2, 0.25) is 0 Å². The molecule has 1 rings (SSSR count). The van der Waals surface area contributed by atoms with Gasteiger partial charge in [0.1, 0.15) is 0 Å². The predicted molar refractivity (Wildman–Crippen MR) is 18.8 cm³/mol. The molecular formula is C3H6FNO. The van der Waals surface area contributed by atoms with Crippen molar-refractivity contribution in [1.82, 2.24) is 0 Å². The largest absolute Gasteiger partial charge is 0.345 e. The maximum Gasteiger partial charge on any atom is 0.216 e. The molecule has 1 saturated heterocycles. The van der Waals surface area contributed by atoms with Gasteiger partial charge in [-0.3, -0.25) is 0 Å². The average Bonchev–Trinajstić information content (AvgIpc) is 1.61. The van der Waals surface area contributed by atoms with Crippen molar-refractivity contribution < 1.29 is 9.13 Å². The second-order valence-electron chi connectivity index (χ2n) is 1.35. The van der Waals surface area contributed by atoms with Gasteiger partial charge in [-0.15, -0.1) is 0 Å². The zero-order valence-electron chi connectivity index (χ0n) is 3.23. The second-order valence-corrected chi connectivity index (χ2v) is 1.35. The van der Waals surface area contributed by atoms with Crippen LogP contribution in [0.15, 0.2) is 0 Å². The monoisotopic (exact) mass is 91.0 g/mol. The van der Waals surface area contributed by atoms with E-state index in [0.717, 1.165) is 0 Å². The van der Waals surface area contributed by atoms with E-state index in [1.54, 1.807) is 0 Å². The van der Waals surface area contributed by atoms with Gasteiger partial charge in [-0.2, -0.15) is 0 Å². The smallest absolute Gasteiger partial charge is 0.216 e. The minimum atomic E-state index is -1.19. The Morgan fingerprint density at radius 3 is 2.33 bits per heavy atom. The van der Waals surface area contributed by atoms with Gasteiger partial charge < -0.3 is 10.5 Å². The molecule has 36 valence electrons. The maximum absolute atomic E-state index is 11.6. The van der Waals surface area contributed by atoms with E-state index in [0.29, 0.717) is 6.61 Å². The molecule has 1 aliphatic heterocycles. The summed E-state index contributed by atoms with van der Waals surface area (Å²) < 4.78 is 15.8. The lowest BCUT2D eigenvalue weighted by Crippen LogP contribution is -2.48. The third kappa shape index (κ3) is 0.399. The van der Waals surface area contributed by atoms with Gasteiger partial charge in [0, 0.05) is 0 Å². The second kappa shape index (κ2) is 1.17. The minimum Gasteiger partial charge on any atom is -0.345 e. The van der Waals surface area contributed by atoms with Gasteiger partial charge >= 0.3 is 0 Å². The fourth-order valence-electron chi connectivity index (χ4n) is 0.280. The van der Waals surface area contributed by atoms with Crippen LogP contribution in [0.1, 0.15) is 0 Å². The molecule has 1 fully saturated rings. The first kappa shape index (κ1) is 4.02. The van der Waals surface area contributed by atoms with Crippen molar-refractivity contribution in [2.75, 3.05) is 6.61 Å². The Balaban J connectivity index is 2.20. The highest BCUT2D eigenvalue weighted by Crippen LogP contribution is 2.09. The minimum absolute atomic E-state index is 0.356. The maximum atomic E-state index is 11.6. The van der Waals surface area contributed by atoms with Crippen LogP contribution in [0.5, 0.6) is 0 Å². The highest BCUT2D eigenvalue weighted by atomic mass is 19.1. The lowest BCUT2D eigenvalue weighted by molar-refractivity contribution is -0.150. The SMILES string of the molecule is N[C@@H]1CO[C@@H]1F. The molecule has 0 spiro atoms. The van der Waals surface area contributed by atoms with E-state index >= 15 is 0 Å². The van der Waals surface area contributed by atoms with Crippen LogP contribution in [-0.4, -0.2) is 19.0 Å². The topological polar surface area (TPSA) is 35.2 Å². The molecule has 2 N–H and O–H groups in total. The Labute approximate surface area is 35.1 Å². The van der Waals surface area contributed by atoms with Crippen LogP contribution in [-0.2, 0) is 4.74 Å². The van der Waals surface area contributed by atoms with E-state index < -0.39 is 6.36 Å². The van der Waals surface area contributed by atoms with E-state index in [-0.39, 0.29) is 6.04 Å². The highest BCUT2D eigenvalue weighted by molar-refractivity contribution is 4.71. The first-order valence-corrected chi connectivity index (χ1v) is 1.82. The molecule has 0 aromatic carbocycles. The summed E-state index contributed by atoms with van der Waals surface area (Å²) in [5.41, 5.74) is 5.02. The Morgan fingerprint density at radius 1 is 1.83 bits per heavy atom. The van der Waals surface area contributed by atoms with Crippen molar-refractivity contribution in [1.29, 1.82) is 0 Å². The molecule has 0 aromatic heterocycles. The third-order valence-corrected chi connectivity index (χ3v) is 0.785. The third-order valence-electron chi connectivity index (χ3n) is 0.785. The van der Waals surface area contributed by atoms with E-state index in [4.69, 9.17) is 5.73 Å². The lowest BCUT2D eigenvalue weighted by atomic mass is 10.3. The molecule has 0 saturated carbocycles. The highest BCUT2D eigenvalue weighted by Gasteiger charge is 2.27. The van der Waals surface area contributed by atoms with Gasteiger partial charge in [-0.1, -0.05) is 0 Å². The van der Waals surface area contributed by atoms with E-state index in [9.17, 15) is 4.39 Å². The molecular weight excluding hydrogens is 85.0 g/mol. The summed E-state index contributed by atoms with van der Waals surface area (Å²) in [6, 6.07) is -0.356. The van der Waals surface area contributed by atoms with Crippen LogP contribution in [0.4, 0.5) is 4.39 Å². The standard InChI is InChI=1S/C3H6FNO/c4-3-2(5)1-6-3/h2-3H,1,5H2/t2-,3+/m1/s1. The normalized spacial score (nSPS) is 45.0. The molecule has 0 aliphatic carbocycles. The van der Waals surface area contributed by atoms with Crippen molar-refractivity contribution >= 4 is 0 Å². The Hall–Kier alpha value is -0.150. The van der Waals surface area contributed by atoms with E-state index in [1.165, 1.54) is 0 Å². The number of alkyl halides is 1. The summed E-state index contributed by atoms with van der Waals surface area (Å²) in [6.45, 7) is 0.376. The summed E-state index contributed by atoms with van der Waals surface area (Å²) in [7, 11) is 0. The van der Waals surface area contributed by atoms with Crippen molar-refractivity contribution in [2.24, 2.45) is 5.73 Å². The fourth-order valence-corrected chi connectivity index (χ4v) is 0.280. The number of rotatable bonds is 0. The molecule has 0 amide bonds. The van der Waals surface area contributed by atoms with Gasteiger partial charge in [0.15, 0.2) is 0 Å². The molecule has 0 bridgehead atoms. The van der Waals surface area contributed by atoms with Crippen molar-refractivity contribution in [3.8, 4) is 0 Å². The first-order chi connectivity index (χ1) is 2.80. The van der Waals surface area contributed by atoms with Crippen molar-refractivity contribution in [3.05, 3.63) is 0 Å². The molecule has 2 atom stereocenters. The van der Waals surface area contributed by atoms with Crippen molar-refractivity contribution in [3.63, 3.8) is 0 Å². The Bertz CT molecular complexity index is 50.8. The fraction of sp³-hybridized carbons (Fsp3) is 1.00. The first-order valence-electron chi connectivity index (χ1n) is 1.82. The molecule has 0 unspecified atom stereocenters. The van der Waals surface area contributed by atoms with Crippen LogP contribution in [0.25, 0.3) is 0 Å². The lowest BCUT2D eigenvalue weighted by Gasteiger charge is -2.26. The van der Waals surface area contributed by atoms with Crippen LogP contribution >= 0.6 is 0 Å². The zero-order chi connectivity index (χ0) is 4.57. The van der Waals surface area contributed by atoms with Gasteiger partial charge in [-0.05, 0) is 0 Å². The number of halogens is 1. The van der Waals surface area contributed by atoms with Gasteiger partial charge in [0.25, 0.3) is 0 Å². The quantitative estimate of drug-likeness (QED) is 0.442. The summed E-state index contributed by atoms with van der Waals surface area (Å²) in [4.78, 5) is 0. The molecule has 6 heavy (non-hydrogen) atoms. The number of hydrogen-bond acceptors (Lipinski definition) is 2. The van der Waals surface area contributed by atoms with E-state index in [1.807, 2.05) is 0 Å². The summed E-state index contributed by atoms with van der Waals surface area (Å²) in [6.07, 6.45) is -1.19. The van der Waals surface area contributed by atoms with Crippen molar-refractivity contribution in [2.45, 2.75) is 12.4 Å². The Morgan fingerprint density at radius 2 is 2.33 bits per heavy atom. The van der Waals surface area contributed by atoms with Gasteiger partial charge in [0.2, 0.25) is 6.36 Å². The van der Waals surface area contributed by atoms with Crippen LogP contribution in [0.3, 0.4) is 0 Å². The summed E-state index contributed by atoms with van der Waals surface area (Å²) in [5, 5.41) is 0. The summed E-state index contributed by atoms with van der Waals surface area (Å²) >= 11 is 0. The zero-order valence-corrected chi connectivity index (χ0v) is 3.23. The molecule has 0 aromatic rings. The van der Waals surface area contributed by atoms with Gasteiger partial charge in [0.05, 0.1) is 12.6 Å². The molecule has 0 radical (unpaired) electrons. The van der Waals surface area contributed by atoms with E-state index in [2.05, 4.69) is 4.74 Å². The number of ether oxygens (including phenoxy) is 1. The van der Waals surface area contributed by atoms with Crippen LogP contribution < -0.4 is 5.73 Å². The predicted octanol–water partition coefficient (Wildman–Crippen LogP) is -0.361. The molecule has 3 heteroatoms. The molecule has 2 nitrogen and oxygen atoms in total. The Kier molecular flexibility index (Phi) is 0.782. The van der Waals surface area contributed by atoms with Crippen LogP contribution in [0, 0.1) is 0 Å². The summed E-state index contributed by atoms with van der Waals surface area (Å²) in [5.74, 6) is 0. The average molecular weight is 91.1 g/mol.